The van der Waals surface area contributed by atoms with Crippen LogP contribution in [0.3, 0.4) is 0 Å². The van der Waals surface area contributed by atoms with Gasteiger partial charge in [-0.2, -0.15) is 0 Å². The lowest BCUT2D eigenvalue weighted by molar-refractivity contribution is -0.135. The highest BCUT2D eigenvalue weighted by molar-refractivity contribution is 6.31. The first-order chi connectivity index (χ1) is 18.0. The molecular formula is C30H26ClN3O3. The molecule has 37 heavy (non-hydrogen) atoms. The number of nitrogens with zero attached hydrogens (tertiary/aromatic N) is 1. The average Bonchev–Trinajstić information content (AvgIpc) is 2.91. The molecule has 186 valence electrons. The zero-order chi connectivity index (χ0) is 26.0. The van der Waals surface area contributed by atoms with Crippen LogP contribution in [-0.2, 0) is 9.53 Å². The van der Waals surface area contributed by atoms with Crippen molar-refractivity contribution in [1.82, 2.24) is 0 Å². The molecule has 0 unspecified atom stereocenters. The lowest BCUT2D eigenvalue weighted by Gasteiger charge is -2.14. The fourth-order valence-corrected chi connectivity index (χ4v) is 3.62. The highest BCUT2D eigenvalue weighted by Gasteiger charge is 2.09. The largest absolute Gasteiger partial charge is 0.466 e. The normalized spacial score (nSPS) is 11.5. The van der Waals surface area contributed by atoms with Crippen LogP contribution >= 0.6 is 11.6 Å². The maximum absolute atomic E-state index is 11.7. The van der Waals surface area contributed by atoms with Crippen molar-refractivity contribution in [3.05, 3.63) is 119 Å². The second-order valence-corrected chi connectivity index (χ2v) is 8.48. The van der Waals surface area contributed by atoms with Crippen LogP contribution in [0.2, 0.25) is 5.02 Å². The highest BCUT2D eigenvalue weighted by Crippen LogP contribution is 2.32. The van der Waals surface area contributed by atoms with Gasteiger partial charge in [0.25, 0.3) is 0 Å². The van der Waals surface area contributed by atoms with Crippen molar-refractivity contribution in [2.45, 2.75) is 6.92 Å². The van der Waals surface area contributed by atoms with Gasteiger partial charge in [-0.3, -0.25) is 0 Å². The third kappa shape index (κ3) is 7.46. The van der Waals surface area contributed by atoms with Gasteiger partial charge in [0.1, 0.15) is 11.4 Å². The minimum atomic E-state index is -0.363. The SMILES string of the molecule is COC(=O)/C(C)=C/c1ccc(Oc2ccccc2N=C(Nc2ccccc2)Nc2cccc(Cl)c2)cc1. The van der Waals surface area contributed by atoms with Crippen molar-refractivity contribution in [2.24, 2.45) is 4.99 Å². The molecule has 0 radical (unpaired) electrons. The van der Waals surface area contributed by atoms with Crippen LogP contribution in [0.25, 0.3) is 6.08 Å². The van der Waals surface area contributed by atoms with Crippen LogP contribution in [0.5, 0.6) is 11.5 Å². The fraction of sp³-hybridized carbons (Fsp3) is 0.0667. The van der Waals surface area contributed by atoms with Crippen LogP contribution in [-0.4, -0.2) is 19.0 Å². The summed E-state index contributed by atoms with van der Waals surface area (Å²) in [5.41, 5.74) is 3.67. The van der Waals surface area contributed by atoms with E-state index in [9.17, 15) is 4.79 Å². The predicted octanol–water partition coefficient (Wildman–Crippen LogP) is 7.92. The predicted molar refractivity (Wildman–Crippen MR) is 151 cm³/mol. The molecule has 0 saturated heterocycles. The van der Waals surface area contributed by atoms with Gasteiger partial charge in [0.2, 0.25) is 5.96 Å². The van der Waals surface area contributed by atoms with Gasteiger partial charge in [-0.15, -0.1) is 0 Å². The molecule has 0 aliphatic rings. The maximum Gasteiger partial charge on any atom is 0.333 e. The van der Waals surface area contributed by atoms with Gasteiger partial charge in [0.15, 0.2) is 5.75 Å². The van der Waals surface area contributed by atoms with Gasteiger partial charge in [0.05, 0.1) is 7.11 Å². The van der Waals surface area contributed by atoms with Gasteiger partial charge in [-0.1, -0.05) is 60.1 Å². The first-order valence-corrected chi connectivity index (χ1v) is 11.9. The van der Waals surface area contributed by atoms with E-state index in [1.54, 1.807) is 13.0 Å². The Kier molecular flexibility index (Phi) is 8.57. The minimum Gasteiger partial charge on any atom is -0.466 e. The van der Waals surface area contributed by atoms with E-state index in [1.165, 1.54) is 7.11 Å². The van der Waals surface area contributed by atoms with Crippen molar-refractivity contribution < 1.29 is 14.3 Å². The fourth-order valence-electron chi connectivity index (χ4n) is 3.43. The van der Waals surface area contributed by atoms with Crippen molar-refractivity contribution in [1.29, 1.82) is 0 Å². The standard InChI is InChI=1S/C30H26ClN3O3/c1-21(29(35)36-2)19-22-15-17-26(18-16-22)37-28-14-7-6-13-27(28)34-30(32-24-10-4-3-5-11-24)33-25-12-8-9-23(31)20-25/h3-20H,1-2H3,(H2,32,33,34)/b21-19+. The Morgan fingerprint density at radius 3 is 2.24 bits per heavy atom. The Labute approximate surface area is 221 Å². The molecular weight excluding hydrogens is 486 g/mol. The second kappa shape index (κ2) is 12.4. The van der Waals surface area contributed by atoms with Crippen LogP contribution in [0, 0.1) is 0 Å². The number of hydrogen-bond acceptors (Lipinski definition) is 4. The molecule has 4 aromatic rings. The Morgan fingerprint density at radius 1 is 0.838 bits per heavy atom. The number of aliphatic imine (C=N–C) groups is 1. The summed E-state index contributed by atoms with van der Waals surface area (Å²) in [6.45, 7) is 1.71. The number of guanidine groups is 1. The molecule has 0 spiro atoms. The highest BCUT2D eigenvalue weighted by atomic mass is 35.5. The molecule has 6 nitrogen and oxygen atoms in total. The average molecular weight is 512 g/mol. The molecule has 0 heterocycles. The molecule has 0 saturated carbocycles. The number of rotatable bonds is 7. The van der Waals surface area contributed by atoms with Crippen LogP contribution in [0.15, 0.2) is 114 Å². The molecule has 0 atom stereocenters. The first kappa shape index (κ1) is 25.5. The number of ether oxygens (including phenoxy) is 2. The molecule has 0 fully saturated rings. The smallest absolute Gasteiger partial charge is 0.333 e. The van der Waals surface area contributed by atoms with Crippen LogP contribution in [0.4, 0.5) is 17.1 Å². The quantitative estimate of drug-likeness (QED) is 0.114. The summed E-state index contributed by atoms with van der Waals surface area (Å²) in [4.78, 5) is 16.5. The molecule has 0 aliphatic heterocycles. The molecule has 4 aromatic carbocycles. The van der Waals surface area contributed by atoms with E-state index in [0.29, 0.717) is 33.7 Å². The number of benzene rings is 4. The molecule has 0 aliphatic carbocycles. The summed E-state index contributed by atoms with van der Waals surface area (Å²) in [6, 6.07) is 32.1. The van der Waals surface area contributed by atoms with Crippen LogP contribution in [0.1, 0.15) is 12.5 Å². The molecule has 2 N–H and O–H groups in total. The van der Waals surface area contributed by atoms with E-state index in [2.05, 4.69) is 10.6 Å². The summed E-state index contributed by atoms with van der Waals surface area (Å²) in [6.07, 6.45) is 1.76. The number of hydrogen-bond donors (Lipinski definition) is 2. The number of carbonyl (C=O) groups is 1. The molecule has 4 rings (SSSR count). The van der Waals surface area contributed by atoms with Crippen LogP contribution < -0.4 is 15.4 Å². The number of anilines is 2. The summed E-state index contributed by atoms with van der Waals surface area (Å²) >= 11 is 6.18. The third-order valence-electron chi connectivity index (χ3n) is 5.22. The van der Waals surface area contributed by atoms with Gasteiger partial charge in [-0.25, -0.2) is 9.79 Å². The number of esters is 1. The van der Waals surface area contributed by atoms with E-state index >= 15 is 0 Å². The Hall–Kier alpha value is -4.55. The third-order valence-corrected chi connectivity index (χ3v) is 5.45. The van der Waals surface area contributed by atoms with Crippen molar-refractivity contribution in [2.75, 3.05) is 17.7 Å². The monoisotopic (exact) mass is 511 g/mol. The number of carbonyl (C=O) groups excluding carboxylic acids is 1. The van der Waals surface area contributed by atoms with E-state index in [4.69, 9.17) is 26.1 Å². The number of methoxy groups -OCH3 is 1. The minimum absolute atomic E-state index is 0.363. The number of para-hydroxylation sites is 3. The number of nitrogens with one attached hydrogen (secondary N) is 2. The van der Waals surface area contributed by atoms with Crippen molar-refractivity contribution >= 4 is 46.7 Å². The lowest BCUT2D eigenvalue weighted by Crippen LogP contribution is -2.21. The Morgan fingerprint density at radius 2 is 1.51 bits per heavy atom. The zero-order valence-corrected chi connectivity index (χ0v) is 21.2. The summed E-state index contributed by atoms with van der Waals surface area (Å²) in [7, 11) is 1.36. The van der Waals surface area contributed by atoms with E-state index < -0.39 is 0 Å². The molecule has 0 amide bonds. The van der Waals surface area contributed by atoms with E-state index in [-0.39, 0.29) is 5.97 Å². The van der Waals surface area contributed by atoms with Gasteiger partial charge < -0.3 is 20.1 Å². The van der Waals surface area contributed by atoms with Gasteiger partial charge >= 0.3 is 5.97 Å². The molecule has 7 heteroatoms. The lowest BCUT2D eigenvalue weighted by atomic mass is 10.1. The topological polar surface area (TPSA) is 72.0 Å². The maximum atomic E-state index is 11.7. The van der Waals surface area contributed by atoms with E-state index in [1.807, 2.05) is 103 Å². The molecule has 0 aromatic heterocycles. The number of halogens is 1. The van der Waals surface area contributed by atoms with E-state index in [0.717, 1.165) is 16.9 Å². The first-order valence-electron chi connectivity index (χ1n) is 11.6. The summed E-state index contributed by atoms with van der Waals surface area (Å²) in [5, 5.41) is 7.24. The second-order valence-electron chi connectivity index (χ2n) is 8.04. The Bertz CT molecular complexity index is 1420. The van der Waals surface area contributed by atoms with Crippen molar-refractivity contribution in [3.63, 3.8) is 0 Å². The zero-order valence-electron chi connectivity index (χ0n) is 20.4. The summed E-state index contributed by atoms with van der Waals surface area (Å²) in [5.74, 6) is 1.36. The van der Waals surface area contributed by atoms with Gasteiger partial charge in [-0.05, 0) is 73.2 Å². The summed E-state index contributed by atoms with van der Waals surface area (Å²) < 4.78 is 10.9. The van der Waals surface area contributed by atoms with Crippen molar-refractivity contribution in [3.8, 4) is 11.5 Å². The van der Waals surface area contributed by atoms with Gasteiger partial charge in [0, 0.05) is 22.0 Å². The Balaban J connectivity index is 1.60. The molecule has 0 bridgehead atoms.